The molecule has 1 aliphatic heterocycles. The molecule has 27 heavy (non-hydrogen) atoms. The Kier molecular flexibility index (Phi) is 6.09. The molecule has 1 saturated heterocycles. The first-order chi connectivity index (χ1) is 13.1. The van der Waals surface area contributed by atoms with Crippen molar-refractivity contribution in [3.05, 3.63) is 70.8 Å². The molecule has 1 heterocycles. The van der Waals surface area contributed by atoms with Gasteiger partial charge in [0, 0.05) is 24.2 Å². The SMILES string of the molecule is CCN1C/C(=C\c2cccc(OC)c2)C(=O)/C(=C/c2cccc(OC)c2)C1. The number of hydrogen-bond acceptors (Lipinski definition) is 4. The van der Waals surface area contributed by atoms with Gasteiger partial charge in [-0.15, -0.1) is 0 Å². The normalized spacial score (nSPS) is 18.1. The smallest absolute Gasteiger partial charge is 0.187 e. The number of carbonyl (C=O) groups is 1. The van der Waals surface area contributed by atoms with Crippen LogP contribution in [0.25, 0.3) is 12.2 Å². The number of carbonyl (C=O) groups excluding carboxylic acids is 1. The van der Waals surface area contributed by atoms with Crippen LogP contribution in [0.5, 0.6) is 11.5 Å². The second-order valence-corrected chi connectivity index (χ2v) is 6.52. The maximum atomic E-state index is 13.1. The van der Waals surface area contributed by atoms with Crippen LogP contribution in [0, 0.1) is 0 Å². The highest BCUT2D eigenvalue weighted by molar-refractivity contribution is 6.14. The molecule has 0 radical (unpaired) electrons. The van der Waals surface area contributed by atoms with Crippen LogP contribution in [0.2, 0.25) is 0 Å². The largest absolute Gasteiger partial charge is 0.497 e. The summed E-state index contributed by atoms with van der Waals surface area (Å²) in [7, 11) is 3.29. The lowest BCUT2D eigenvalue weighted by Gasteiger charge is -2.28. The minimum Gasteiger partial charge on any atom is -0.497 e. The van der Waals surface area contributed by atoms with Gasteiger partial charge in [0.05, 0.1) is 14.2 Å². The summed E-state index contributed by atoms with van der Waals surface area (Å²) in [6.45, 7) is 4.31. The number of ether oxygens (including phenoxy) is 2. The zero-order valence-corrected chi connectivity index (χ0v) is 16.1. The molecule has 0 atom stereocenters. The van der Waals surface area contributed by atoms with E-state index in [-0.39, 0.29) is 5.78 Å². The molecule has 1 aliphatic rings. The van der Waals surface area contributed by atoms with Gasteiger partial charge in [0.15, 0.2) is 5.78 Å². The molecule has 4 nitrogen and oxygen atoms in total. The van der Waals surface area contributed by atoms with Gasteiger partial charge in [0.25, 0.3) is 0 Å². The minimum absolute atomic E-state index is 0.102. The third-order valence-corrected chi connectivity index (χ3v) is 4.69. The van der Waals surface area contributed by atoms with E-state index in [1.165, 1.54) is 0 Å². The Morgan fingerprint density at radius 1 is 0.889 bits per heavy atom. The summed E-state index contributed by atoms with van der Waals surface area (Å²) in [5.41, 5.74) is 3.53. The zero-order chi connectivity index (χ0) is 19.2. The number of likely N-dealkylation sites (tertiary alicyclic amines) is 1. The molecular weight excluding hydrogens is 338 g/mol. The Bertz CT molecular complexity index is 813. The monoisotopic (exact) mass is 363 g/mol. The molecule has 4 heteroatoms. The Hall–Kier alpha value is -2.85. The standard InChI is InChI=1S/C23H25NO3/c1-4-24-15-19(11-17-7-5-9-21(13-17)26-2)23(25)20(16-24)12-18-8-6-10-22(14-18)27-3/h5-14H,4,15-16H2,1-3H3/b19-11+,20-12+. The topological polar surface area (TPSA) is 38.8 Å². The number of piperidine rings is 1. The van der Waals surface area contributed by atoms with Crippen LogP contribution in [0.4, 0.5) is 0 Å². The molecule has 0 N–H and O–H groups in total. The molecule has 140 valence electrons. The van der Waals surface area contributed by atoms with Crippen LogP contribution >= 0.6 is 0 Å². The fourth-order valence-corrected chi connectivity index (χ4v) is 3.20. The Morgan fingerprint density at radius 2 is 1.37 bits per heavy atom. The summed E-state index contributed by atoms with van der Waals surface area (Å²) in [6, 6.07) is 15.5. The third-order valence-electron chi connectivity index (χ3n) is 4.69. The molecule has 1 fully saturated rings. The minimum atomic E-state index is 0.102. The van der Waals surface area contributed by atoms with Crippen LogP contribution in [-0.4, -0.2) is 44.5 Å². The number of benzene rings is 2. The van der Waals surface area contributed by atoms with Crippen molar-refractivity contribution in [3.63, 3.8) is 0 Å². The van der Waals surface area contributed by atoms with Gasteiger partial charge in [-0.05, 0) is 54.1 Å². The number of ketones is 1. The second kappa shape index (κ2) is 8.69. The summed E-state index contributed by atoms with van der Waals surface area (Å²) < 4.78 is 10.6. The quantitative estimate of drug-likeness (QED) is 0.751. The molecule has 0 amide bonds. The highest BCUT2D eigenvalue weighted by Gasteiger charge is 2.25. The Morgan fingerprint density at radius 3 is 1.78 bits per heavy atom. The van der Waals surface area contributed by atoms with E-state index < -0.39 is 0 Å². The number of hydrogen-bond donors (Lipinski definition) is 0. The molecular formula is C23H25NO3. The van der Waals surface area contributed by atoms with Gasteiger partial charge in [0.1, 0.15) is 11.5 Å². The van der Waals surface area contributed by atoms with E-state index in [2.05, 4.69) is 11.8 Å². The lowest BCUT2D eigenvalue weighted by Crippen LogP contribution is -2.37. The fourth-order valence-electron chi connectivity index (χ4n) is 3.20. The average Bonchev–Trinajstić information content (AvgIpc) is 2.71. The van der Waals surface area contributed by atoms with E-state index >= 15 is 0 Å². The molecule has 2 aromatic carbocycles. The molecule has 3 rings (SSSR count). The van der Waals surface area contributed by atoms with Crippen LogP contribution in [0.15, 0.2) is 59.7 Å². The first-order valence-corrected chi connectivity index (χ1v) is 9.09. The van der Waals surface area contributed by atoms with Crippen molar-refractivity contribution in [2.45, 2.75) is 6.92 Å². The maximum Gasteiger partial charge on any atom is 0.187 e. The first kappa shape index (κ1) is 18.9. The van der Waals surface area contributed by atoms with Crippen molar-refractivity contribution in [2.24, 2.45) is 0 Å². The Labute approximate surface area is 160 Å². The number of nitrogens with zero attached hydrogens (tertiary/aromatic N) is 1. The van der Waals surface area contributed by atoms with Crippen molar-refractivity contribution >= 4 is 17.9 Å². The van der Waals surface area contributed by atoms with E-state index in [9.17, 15) is 4.79 Å². The van der Waals surface area contributed by atoms with Crippen molar-refractivity contribution in [2.75, 3.05) is 33.9 Å². The highest BCUT2D eigenvalue weighted by Crippen LogP contribution is 2.24. The van der Waals surface area contributed by atoms with E-state index in [1.807, 2.05) is 60.7 Å². The number of Topliss-reactive ketones (excluding diaryl/α,β-unsaturated/α-hetero) is 1. The summed E-state index contributed by atoms with van der Waals surface area (Å²) >= 11 is 0. The number of likely N-dealkylation sites (N-methyl/N-ethyl adjacent to an activating group) is 1. The first-order valence-electron chi connectivity index (χ1n) is 9.09. The van der Waals surface area contributed by atoms with E-state index in [4.69, 9.17) is 9.47 Å². The third kappa shape index (κ3) is 4.66. The van der Waals surface area contributed by atoms with Crippen LogP contribution in [0.1, 0.15) is 18.1 Å². The molecule has 0 bridgehead atoms. The summed E-state index contributed by atoms with van der Waals surface area (Å²) in [5.74, 6) is 1.67. The second-order valence-electron chi connectivity index (χ2n) is 6.52. The van der Waals surface area contributed by atoms with Gasteiger partial charge in [-0.2, -0.15) is 0 Å². The lowest BCUT2D eigenvalue weighted by molar-refractivity contribution is -0.113. The molecule has 0 saturated carbocycles. The van der Waals surface area contributed by atoms with E-state index in [0.29, 0.717) is 13.1 Å². The number of rotatable bonds is 5. The van der Waals surface area contributed by atoms with E-state index in [1.54, 1.807) is 14.2 Å². The summed E-state index contributed by atoms with van der Waals surface area (Å²) in [4.78, 5) is 15.3. The predicted octanol–water partition coefficient (Wildman–Crippen LogP) is 4.08. The fraction of sp³-hybridized carbons (Fsp3) is 0.261. The van der Waals surface area contributed by atoms with Gasteiger partial charge in [-0.3, -0.25) is 9.69 Å². The number of methoxy groups -OCH3 is 2. The van der Waals surface area contributed by atoms with Crippen molar-refractivity contribution in [1.29, 1.82) is 0 Å². The maximum absolute atomic E-state index is 13.1. The molecule has 0 spiro atoms. The predicted molar refractivity (Wildman–Crippen MR) is 109 cm³/mol. The van der Waals surface area contributed by atoms with Gasteiger partial charge < -0.3 is 9.47 Å². The van der Waals surface area contributed by atoms with Crippen molar-refractivity contribution in [3.8, 4) is 11.5 Å². The molecule has 0 aromatic heterocycles. The van der Waals surface area contributed by atoms with Gasteiger partial charge in [0.2, 0.25) is 0 Å². The van der Waals surface area contributed by atoms with Crippen LogP contribution in [-0.2, 0) is 4.79 Å². The zero-order valence-electron chi connectivity index (χ0n) is 16.1. The average molecular weight is 363 g/mol. The Balaban J connectivity index is 1.94. The van der Waals surface area contributed by atoms with E-state index in [0.717, 1.165) is 40.3 Å². The van der Waals surface area contributed by atoms with Crippen molar-refractivity contribution in [1.82, 2.24) is 4.90 Å². The molecule has 2 aromatic rings. The van der Waals surface area contributed by atoms with Gasteiger partial charge in [-0.1, -0.05) is 31.2 Å². The van der Waals surface area contributed by atoms with Crippen LogP contribution < -0.4 is 9.47 Å². The van der Waals surface area contributed by atoms with Crippen molar-refractivity contribution < 1.29 is 14.3 Å². The highest BCUT2D eigenvalue weighted by atomic mass is 16.5. The lowest BCUT2D eigenvalue weighted by atomic mass is 9.94. The summed E-state index contributed by atoms with van der Waals surface area (Å²) in [6.07, 6.45) is 3.93. The van der Waals surface area contributed by atoms with Gasteiger partial charge >= 0.3 is 0 Å². The molecule has 0 unspecified atom stereocenters. The van der Waals surface area contributed by atoms with Gasteiger partial charge in [-0.25, -0.2) is 0 Å². The van der Waals surface area contributed by atoms with Crippen LogP contribution in [0.3, 0.4) is 0 Å². The molecule has 0 aliphatic carbocycles. The summed E-state index contributed by atoms with van der Waals surface area (Å²) in [5, 5.41) is 0.